The Kier molecular flexibility index (Phi) is 14.4. The summed E-state index contributed by atoms with van der Waals surface area (Å²) in [7, 11) is 0. The molecule has 1 aliphatic rings. The molecule has 0 radical (unpaired) electrons. The number of carbonyl (C=O) groups is 5. The van der Waals surface area contributed by atoms with Gasteiger partial charge in [0.2, 0.25) is 6.08 Å². The Morgan fingerprint density at radius 3 is 1.74 bits per heavy atom. The third-order valence-corrected chi connectivity index (χ3v) is 7.47. The number of rotatable bonds is 20. The summed E-state index contributed by atoms with van der Waals surface area (Å²) in [4.78, 5) is 76.0. The van der Waals surface area contributed by atoms with Crippen LogP contribution in [0.5, 0.6) is 0 Å². The molecule has 2 rings (SSSR count). The first-order valence-corrected chi connectivity index (χ1v) is 13.8. The van der Waals surface area contributed by atoms with Crippen LogP contribution in [0.2, 0.25) is 0 Å². The van der Waals surface area contributed by atoms with Crippen molar-refractivity contribution in [3.63, 3.8) is 0 Å². The zero-order chi connectivity index (χ0) is 31.9. The summed E-state index contributed by atoms with van der Waals surface area (Å²) in [6.07, 6.45) is 5.18. The van der Waals surface area contributed by atoms with Crippen LogP contribution in [0.1, 0.15) is 31.2 Å². The lowest BCUT2D eigenvalue weighted by atomic mass is 9.72. The Bertz CT molecular complexity index is 1140. The highest BCUT2D eigenvalue weighted by Crippen LogP contribution is 2.37. The van der Waals surface area contributed by atoms with E-state index in [4.69, 9.17) is 0 Å². The van der Waals surface area contributed by atoms with Crippen LogP contribution in [0.3, 0.4) is 0 Å². The molecule has 1 aliphatic carbocycles. The fourth-order valence-corrected chi connectivity index (χ4v) is 5.79. The average Bonchev–Trinajstić information content (AvgIpc) is 2.90. The van der Waals surface area contributed by atoms with Crippen LogP contribution in [-0.2, 0) is 35.2 Å². The van der Waals surface area contributed by atoms with Gasteiger partial charge in [-0.3, -0.25) is 38.7 Å². The van der Waals surface area contributed by atoms with Crippen LogP contribution in [0.25, 0.3) is 0 Å². The molecule has 1 fully saturated rings. The number of nitrogens with zero attached hydrogens (tertiary/aromatic N) is 4. The molecule has 0 spiro atoms. The summed E-state index contributed by atoms with van der Waals surface area (Å²) in [5.74, 6) is -6.43. The lowest BCUT2D eigenvalue weighted by molar-refractivity contribution is -0.145. The second-order valence-corrected chi connectivity index (χ2v) is 10.7. The first kappa shape index (κ1) is 35.0. The van der Waals surface area contributed by atoms with Crippen LogP contribution in [0.4, 0.5) is 5.69 Å². The van der Waals surface area contributed by atoms with Crippen molar-refractivity contribution in [2.45, 2.75) is 38.1 Å². The third-order valence-electron chi connectivity index (χ3n) is 7.47. The van der Waals surface area contributed by atoms with E-state index in [0.717, 1.165) is 29.7 Å². The summed E-state index contributed by atoms with van der Waals surface area (Å²) in [6, 6.07) is 6.29. The molecule has 3 atom stereocenters. The van der Waals surface area contributed by atoms with Crippen molar-refractivity contribution in [3.05, 3.63) is 29.8 Å². The Morgan fingerprint density at radius 2 is 1.23 bits per heavy atom. The van der Waals surface area contributed by atoms with Gasteiger partial charge in [-0.1, -0.05) is 25.0 Å². The molecule has 1 aromatic carbocycles. The minimum atomic E-state index is -1.26. The van der Waals surface area contributed by atoms with Gasteiger partial charge in [0.25, 0.3) is 0 Å². The SMILES string of the molecule is O=C=Nc1ccc(CC2CCCCC2C(CN(CCN(CC(=O)O)CC(=O)O)CC(=O)O)N(CC(=O)O)CC(=O)O)cc1. The molecule has 1 saturated carbocycles. The van der Waals surface area contributed by atoms with Gasteiger partial charge in [0, 0.05) is 25.7 Å². The van der Waals surface area contributed by atoms with Crippen molar-refractivity contribution in [1.29, 1.82) is 0 Å². The highest BCUT2D eigenvalue weighted by Gasteiger charge is 2.38. The minimum Gasteiger partial charge on any atom is -0.480 e. The summed E-state index contributed by atoms with van der Waals surface area (Å²) in [6.45, 7) is -3.03. The maximum absolute atomic E-state index is 11.8. The van der Waals surface area contributed by atoms with Gasteiger partial charge >= 0.3 is 29.8 Å². The van der Waals surface area contributed by atoms with Crippen LogP contribution in [-0.4, -0.2) is 135 Å². The normalized spacial score (nSPS) is 17.4. The first-order valence-electron chi connectivity index (χ1n) is 13.8. The standard InChI is InChI=1S/C28H38N4O11/c33-18-29-21-7-5-19(6-8-21)11-20-3-1-2-4-22(20)23(32(16-27(40)41)17-28(42)43)12-30(13-24(34)35)9-10-31(14-25(36)37)15-26(38)39/h5-8,20,22-23H,1-4,9-17H2,(H,34,35)(H,36,37)(H,38,39)(H,40,41)(H,42,43). The molecule has 0 amide bonds. The Hall–Kier alpha value is -4.17. The number of hydrogen-bond acceptors (Lipinski definition) is 10. The van der Waals surface area contributed by atoms with Gasteiger partial charge in [-0.2, -0.15) is 4.99 Å². The van der Waals surface area contributed by atoms with E-state index in [1.807, 2.05) is 12.1 Å². The predicted octanol–water partition coefficient (Wildman–Crippen LogP) is 0.700. The molecule has 1 aromatic rings. The zero-order valence-electron chi connectivity index (χ0n) is 23.7. The summed E-state index contributed by atoms with van der Waals surface area (Å²) < 4.78 is 0. The van der Waals surface area contributed by atoms with Gasteiger partial charge in [0.1, 0.15) is 0 Å². The maximum Gasteiger partial charge on any atom is 0.317 e. The third kappa shape index (κ3) is 13.1. The molecule has 3 unspecified atom stereocenters. The number of carboxylic acid groups (broad SMARTS) is 5. The number of isocyanates is 1. The summed E-state index contributed by atoms with van der Waals surface area (Å²) >= 11 is 0. The molecule has 236 valence electrons. The zero-order valence-corrected chi connectivity index (χ0v) is 23.7. The quantitative estimate of drug-likeness (QED) is 0.102. The number of aliphatic imine (C=N–C) groups is 1. The van der Waals surface area contributed by atoms with E-state index in [-0.39, 0.29) is 31.5 Å². The van der Waals surface area contributed by atoms with E-state index in [1.54, 1.807) is 12.1 Å². The van der Waals surface area contributed by atoms with Crippen molar-refractivity contribution in [3.8, 4) is 0 Å². The summed E-state index contributed by atoms with van der Waals surface area (Å²) in [5, 5.41) is 47.3. The van der Waals surface area contributed by atoms with E-state index < -0.39 is 68.6 Å². The van der Waals surface area contributed by atoms with E-state index >= 15 is 0 Å². The van der Waals surface area contributed by atoms with Gasteiger partial charge in [0.05, 0.1) is 38.4 Å². The minimum absolute atomic E-state index is 0.00791. The van der Waals surface area contributed by atoms with Crippen LogP contribution >= 0.6 is 0 Å². The van der Waals surface area contributed by atoms with Crippen LogP contribution < -0.4 is 0 Å². The number of aliphatic carboxylic acids is 5. The molecule has 0 bridgehead atoms. The van der Waals surface area contributed by atoms with Crippen molar-refractivity contribution in [1.82, 2.24) is 14.7 Å². The lowest BCUT2D eigenvalue weighted by Gasteiger charge is -2.44. The van der Waals surface area contributed by atoms with Gasteiger partial charge in [0.15, 0.2) is 0 Å². The molecule has 15 heteroatoms. The average molecular weight is 607 g/mol. The van der Waals surface area contributed by atoms with E-state index in [1.165, 1.54) is 15.9 Å². The molecular formula is C28H38N4O11. The molecular weight excluding hydrogens is 568 g/mol. The maximum atomic E-state index is 11.8. The predicted molar refractivity (Wildman–Crippen MR) is 150 cm³/mol. The van der Waals surface area contributed by atoms with Gasteiger partial charge in [-0.15, -0.1) is 0 Å². The van der Waals surface area contributed by atoms with Crippen LogP contribution in [0.15, 0.2) is 29.3 Å². The molecule has 0 saturated heterocycles. The molecule has 0 heterocycles. The second-order valence-electron chi connectivity index (χ2n) is 10.7. The first-order chi connectivity index (χ1) is 20.4. The van der Waals surface area contributed by atoms with E-state index in [2.05, 4.69) is 4.99 Å². The molecule has 5 N–H and O–H groups in total. The Morgan fingerprint density at radius 1 is 0.744 bits per heavy atom. The smallest absolute Gasteiger partial charge is 0.317 e. The summed E-state index contributed by atoms with van der Waals surface area (Å²) in [5.41, 5.74) is 1.37. The van der Waals surface area contributed by atoms with Crippen molar-refractivity contribution in [2.75, 3.05) is 52.4 Å². The fourth-order valence-electron chi connectivity index (χ4n) is 5.79. The largest absolute Gasteiger partial charge is 0.480 e. The van der Waals surface area contributed by atoms with Gasteiger partial charge in [-0.25, -0.2) is 4.79 Å². The van der Waals surface area contributed by atoms with Gasteiger partial charge in [-0.05, 0) is 48.8 Å². The lowest BCUT2D eigenvalue weighted by Crippen LogP contribution is -2.55. The number of carboxylic acids is 5. The van der Waals surface area contributed by atoms with Gasteiger partial charge < -0.3 is 25.5 Å². The number of carbonyl (C=O) groups excluding carboxylic acids is 1. The monoisotopic (exact) mass is 606 g/mol. The van der Waals surface area contributed by atoms with Crippen LogP contribution in [0, 0.1) is 11.8 Å². The highest BCUT2D eigenvalue weighted by atomic mass is 16.4. The number of hydrogen-bond donors (Lipinski definition) is 5. The molecule has 43 heavy (non-hydrogen) atoms. The second kappa shape index (κ2) is 17.7. The fraction of sp³-hybridized carbons (Fsp3) is 0.571. The van der Waals surface area contributed by atoms with Crippen molar-refractivity contribution in [2.24, 2.45) is 16.8 Å². The van der Waals surface area contributed by atoms with Crippen molar-refractivity contribution >= 4 is 41.6 Å². The Labute approximate surface area is 248 Å². The topological polar surface area (TPSA) is 226 Å². The number of benzene rings is 1. The highest BCUT2D eigenvalue weighted by molar-refractivity contribution is 5.73. The van der Waals surface area contributed by atoms with Crippen molar-refractivity contribution < 1.29 is 54.3 Å². The molecule has 0 aromatic heterocycles. The van der Waals surface area contributed by atoms with E-state index in [9.17, 15) is 54.3 Å². The molecule has 15 nitrogen and oxygen atoms in total. The Balaban J connectivity index is 2.42. The van der Waals surface area contributed by atoms with E-state index in [0.29, 0.717) is 18.5 Å². The molecule has 0 aliphatic heterocycles.